The predicted molar refractivity (Wildman–Crippen MR) is 95.6 cm³/mol. The molecular formula is C19H32N2O2. The molecule has 0 spiro atoms. The Hall–Kier alpha value is -1.55. The van der Waals surface area contributed by atoms with Gasteiger partial charge in [-0.15, -0.1) is 0 Å². The number of benzene rings is 1. The van der Waals surface area contributed by atoms with E-state index in [4.69, 9.17) is 4.74 Å². The SMILES string of the molecule is Cc1cccc(CNC(CNC(=O)OC(C)(C)C)C(C)C)c1C. The lowest BCUT2D eigenvalue weighted by Crippen LogP contribution is -2.45. The highest BCUT2D eigenvalue weighted by Crippen LogP contribution is 2.13. The fourth-order valence-electron chi connectivity index (χ4n) is 2.30. The van der Waals surface area contributed by atoms with Gasteiger partial charge in [0, 0.05) is 19.1 Å². The van der Waals surface area contributed by atoms with E-state index in [9.17, 15) is 4.79 Å². The average Bonchev–Trinajstić information content (AvgIpc) is 2.40. The van der Waals surface area contributed by atoms with Crippen molar-refractivity contribution in [2.45, 2.75) is 66.7 Å². The van der Waals surface area contributed by atoms with Crippen LogP contribution in [0.25, 0.3) is 0 Å². The van der Waals surface area contributed by atoms with Crippen molar-refractivity contribution in [3.05, 3.63) is 34.9 Å². The van der Waals surface area contributed by atoms with Gasteiger partial charge >= 0.3 is 6.09 Å². The number of nitrogens with one attached hydrogen (secondary N) is 2. The van der Waals surface area contributed by atoms with Crippen LogP contribution in [0.2, 0.25) is 0 Å². The second-order valence-corrected chi connectivity index (χ2v) is 7.47. The maximum absolute atomic E-state index is 11.8. The molecule has 0 bridgehead atoms. The van der Waals surface area contributed by atoms with Gasteiger partial charge in [0.2, 0.25) is 0 Å². The molecule has 0 heterocycles. The third-order valence-corrected chi connectivity index (χ3v) is 3.94. The topological polar surface area (TPSA) is 50.4 Å². The van der Waals surface area contributed by atoms with Gasteiger partial charge in [-0.2, -0.15) is 0 Å². The number of amides is 1. The predicted octanol–water partition coefficient (Wildman–Crippen LogP) is 3.94. The fraction of sp³-hybridized carbons (Fsp3) is 0.632. The molecule has 23 heavy (non-hydrogen) atoms. The number of hydrogen-bond donors (Lipinski definition) is 2. The van der Waals surface area contributed by atoms with E-state index in [1.54, 1.807) is 0 Å². The molecule has 2 N–H and O–H groups in total. The highest BCUT2D eigenvalue weighted by molar-refractivity contribution is 5.67. The minimum atomic E-state index is -0.469. The Morgan fingerprint density at radius 3 is 2.43 bits per heavy atom. The van der Waals surface area contributed by atoms with Gasteiger partial charge in [0.15, 0.2) is 0 Å². The number of ether oxygens (including phenoxy) is 1. The van der Waals surface area contributed by atoms with Gasteiger partial charge in [-0.25, -0.2) is 4.79 Å². The van der Waals surface area contributed by atoms with Gasteiger partial charge in [-0.05, 0) is 57.2 Å². The third kappa shape index (κ3) is 7.04. The Morgan fingerprint density at radius 2 is 1.87 bits per heavy atom. The van der Waals surface area contributed by atoms with Crippen molar-refractivity contribution in [2.75, 3.05) is 6.54 Å². The van der Waals surface area contributed by atoms with Crippen molar-refractivity contribution in [2.24, 2.45) is 5.92 Å². The minimum Gasteiger partial charge on any atom is -0.444 e. The lowest BCUT2D eigenvalue weighted by Gasteiger charge is -2.25. The molecule has 0 radical (unpaired) electrons. The van der Waals surface area contributed by atoms with Crippen LogP contribution in [-0.4, -0.2) is 24.3 Å². The van der Waals surface area contributed by atoms with Crippen LogP contribution in [0.4, 0.5) is 4.79 Å². The van der Waals surface area contributed by atoms with Crippen molar-refractivity contribution in [3.8, 4) is 0 Å². The van der Waals surface area contributed by atoms with Crippen molar-refractivity contribution in [1.82, 2.24) is 10.6 Å². The summed E-state index contributed by atoms with van der Waals surface area (Å²) in [6.45, 7) is 15.5. The smallest absolute Gasteiger partial charge is 0.407 e. The zero-order valence-corrected chi connectivity index (χ0v) is 15.6. The van der Waals surface area contributed by atoms with Gasteiger partial charge in [-0.1, -0.05) is 32.0 Å². The Bertz CT molecular complexity index is 519. The zero-order chi connectivity index (χ0) is 17.6. The first-order valence-electron chi connectivity index (χ1n) is 8.35. The second kappa shape index (κ2) is 8.34. The molecule has 0 saturated carbocycles. The Kier molecular flexibility index (Phi) is 7.07. The van der Waals surface area contributed by atoms with Crippen LogP contribution in [0.1, 0.15) is 51.3 Å². The normalized spacial score (nSPS) is 13.0. The summed E-state index contributed by atoms with van der Waals surface area (Å²) in [5, 5.41) is 6.41. The summed E-state index contributed by atoms with van der Waals surface area (Å²) in [5.41, 5.74) is 3.46. The van der Waals surface area contributed by atoms with Gasteiger partial charge in [0.25, 0.3) is 0 Å². The van der Waals surface area contributed by atoms with Gasteiger partial charge in [0.05, 0.1) is 0 Å². The molecule has 1 aromatic carbocycles. The van der Waals surface area contributed by atoms with Crippen LogP contribution in [0.3, 0.4) is 0 Å². The standard InChI is InChI=1S/C19H32N2O2/c1-13(2)17(12-21-18(22)23-19(5,6)7)20-11-16-10-8-9-14(3)15(16)4/h8-10,13,17,20H,11-12H2,1-7H3,(H,21,22). The molecule has 0 aliphatic rings. The summed E-state index contributed by atoms with van der Waals surface area (Å²) in [4.78, 5) is 11.8. The largest absolute Gasteiger partial charge is 0.444 e. The van der Waals surface area contributed by atoms with Crippen LogP contribution in [0.5, 0.6) is 0 Å². The van der Waals surface area contributed by atoms with Crippen LogP contribution in [0.15, 0.2) is 18.2 Å². The maximum atomic E-state index is 11.8. The number of aryl methyl sites for hydroxylation is 1. The van der Waals surface area contributed by atoms with Crippen LogP contribution >= 0.6 is 0 Å². The molecule has 1 atom stereocenters. The lowest BCUT2D eigenvalue weighted by atomic mass is 10.0. The minimum absolute atomic E-state index is 0.197. The van der Waals surface area contributed by atoms with E-state index in [2.05, 4.69) is 56.5 Å². The molecule has 1 unspecified atom stereocenters. The molecule has 0 fully saturated rings. The van der Waals surface area contributed by atoms with Crippen LogP contribution in [-0.2, 0) is 11.3 Å². The van der Waals surface area contributed by atoms with E-state index in [1.807, 2.05) is 20.8 Å². The number of rotatable bonds is 6. The average molecular weight is 320 g/mol. The third-order valence-electron chi connectivity index (χ3n) is 3.94. The highest BCUT2D eigenvalue weighted by Gasteiger charge is 2.19. The fourth-order valence-corrected chi connectivity index (χ4v) is 2.30. The molecule has 130 valence electrons. The first-order valence-corrected chi connectivity index (χ1v) is 8.35. The van der Waals surface area contributed by atoms with Crippen molar-refractivity contribution in [1.29, 1.82) is 0 Å². The van der Waals surface area contributed by atoms with E-state index in [-0.39, 0.29) is 12.1 Å². The van der Waals surface area contributed by atoms with Gasteiger partial charge in [0.1, 0.15) is 5.60 Å². The zero-order valence-electron chi connectivity index (χ0n) is 15.6. The Labute approximate surface area is 141 Å². The molecule has 0 aromatic heterocycles. The summed E-state index contributed by atoms with van der Waals surface area (Å²) in [6, 6.07) is 6.56. The molecule has 0 saturated heterocycles. The highest BCUT2D eigenvalue weighted by atomic mass is 16.6. The molecule has 1 rings (SSSR count). The van der Waals surface area contributed by atoms with Crippen LogP contribution in [0, 0.1) is 19.8 Å². The molecular weight excluding hydrogens is 288 g/mol. The number of alkyl carbamates (subject to hydrolysis) is 1. The number of carbonyl (C=O) groups is 1. The number of hydrogen-bond acceptors (Lipinski definition) is 3. The number of carbonyl (C=O) groups excluding carboxylic acids is 1. The Morgan fingerprint density at radius 1 is 1.22 bits per heavy atom. The maximum Gasteiger partial charge on any atom is 0.407 e. The van der Waals surface area contributed by atoms with E-state index >= 15 is 0 Å². The quantitative estimate of drug-likeness (QED) is 0.834. The monoisotopic (exact) mass is 320 g/mol. The Balaban J connectivity index is 2.56. The van der Waals surface area contributed by atoms with Crippen molar-refractivity contribution in [3.63, 3.8) is 0 Å². The first-order chi connectivity index (χ1) is 10.6. The second-order valence-electron chi connectivity index (χ2n) is 7.47. The van der Waals surface area contributed by atoms with Crippen LogP contribution < -0.4 is 10.6 Å². The summed E-state index contributed by atoms with van der Waals surface area (Å²) >= 11 is 0. The van der Waals surface area contributed by atoms with E-state index in [0.29, 0.717) is 12.5 Å². The molecule has 0 aliphatic carbocycles. The lowest BCUT2D eigenvalue weighted by molar-refractivity contribution is 0.0519. The molecule has 4 nitrogen and oxygen atoms in total. The van der Waals surface area contributed by atoms with E-state index < -0.39 is 5.60 Å². The summed E-state index contributed by atoms with van der Waals surface area (Å²) < 4.78 is 5.29. The van der Waals surface area contributed by atoms with Crippen molar-refractivity contribution < 1.29 is 9.53 Å². The van der Waals surface area contributed by atoms with E-state index in [0.717, 1.165) is 6.54 Å². The molecule has 0 aliphatic heterocycles. The summed E-state index contributed by atoms with van der Waals surface area (Å²) in [5.74, 6) is 0.412. The van der Waals surface area contributed by atoms with E-state index in [1.165, 1.54) is 16.7 Å². The molecule has 4 heteroatoms. The van der Waals surface area contributed by atoms with Gasteiger partial charge in [-0.3, -0.25) is 0 Å². The molecule has 1 aromatic rings. The van der Waals surface area contributed by atoms with Gasteiger partial charge < -0.3 is 15.4 Å². The first kappa shape index (κ1) is 19.5. The molecule has 1 amide bonds. The van der Waals surface area contributed by atoms with Crippen molar-refractivity contribution >= 4 is 6.09 Å². The summed E-state index contributed by atoms with van der Waals surface area (Å²) in [7, 11) is 0. The summed E-state index contributed by atoms with van der Waals surface area (Å²) in [6.07, 6.45) is -0.364.